The Hall–Kier alpha value is -2.36. The van der Waals surface area contributed by atoms with E-state index in [9.17, 15) is 13.6 Å². The van der Waals surface area contributed by atoms with Crippen LogP contribution in [-0.4, -0.2) is 26.8 Å². The van der Waals surface area contributed by atoms with E-state index in [4.69, 9.17) is 10.00 Å². The molecule has 0 spiro atoms. The third-order valence-electron chi connectivity index (χ3n) is 2.04. The molecule has 1 aromatic carbocycles. The number of nitriles is 1. The Morgan fingerprint density at radius 2 is 2.00 bits per heavy atom. The van der Waals surface area contributed by atoms with E-state index in [1.165, 1.54) is 7.11 Å². The van der Waals surface area contributed by atoms with Crippen LogP contribution in [0.3, 0.4) is 0 Å². The average molecular weight is 257 g/mol. The van der Waals surface area contributed by atoms with Gasteiger partial charge in [0.15, 0.2) is 0 Å². The SMILES string of the molecule is COC(=O)c1cc(OC(F)F)c(C#N)cc1OC. The third-order valence-corrected chi connectivity index (χ3v) is 2.04. The minimum absolute atomic E-state index is 0.0417. The zero-order valence-electron chi connectivity index (χ0n) is 9.57. The van der Waals surface area contributed by atoms with Gasteiger partial charge < -0.3 is 14.2 Å². The summed E-state index contributed by atoms with van der Waals surface area (Å²) in [6.45, 7) is -3.10. The number of hydrogen-bond donors (Lipinski definition) is 0. The number of esters is 1. The molecule has 0 aliphatic rings. The van der Waals surface area contributed by atoms with E-state index in [1.54, 1.807) is 6.07 Å². The van der Waals surface area contributed by atoms with Crippen molar-refractivity contribution in [3.8, 4) is 17.6 Å². The van der Waals surface area contributed by atoms with Gasteiger partial charge in [-0.3, -0.25) is 0 Å². The zero-order chi connectivity index (χ0) is 13.7. The average Bonchev–Trinajstić information content (AvgIpc) is 2.36. The smallest absolute Gasteiger partial charge is 0.387 e. The van der Waals surface area contributed by atoms with E-state index >= 15 is 0 Å². The summed E-state index contributed by atoms with van der Waals surface area (Å²) in [7, 11) is 2.41. The van der Waals surface area contributed by atoms with Gasteiger partial charge in [0, 0.05) is 12.1 Å². The normalized spacial score (nSPS) is 9.78. The van der Waals surface area contributed by atoms with Crippen LogP contribution in [0.15, 0.2) is 12.1 Å². The molecule has 0 amide bonds. The maximum atomic E-state index is 12.2. The largest absolute Gasteiger partial charge is 0.496 e. The summed E-state index contributed by atoms with van der Waals surface area (Å²) in [5, 5.41) is 8.79. The molecule has 0 fully saturated rings. The van der Waals surface area contributed by atoms with Crippen molar-refractivity contribution in [2.45, 2.75) is 6.61 Å². The van der Waals surface area contributed by atoms with Gasteiger partial charge in [0.2, 0.25) is 0 Å². The molecule has 0 aromatic heterocycles. The number of methoxy groups -OCH3 is 2. The fourth-order valence-electron chi connectivity index (χ4n) is 1.28. The maximum Gasteiger partial charge on any atom is 0.387 e. The van der Waals surface area contributed by atoms with Crippen LogP contribution in [0.4, 0.5) is 8.78 Å². The highest BCUT2D eigenvalue weighted by molar-refractivity contribution is 5.93. The highest BCUT2D eigenvalue weighted by atomic mass is 19.3. The molecule has 0 saturated heterocycles. The topological polar surface area (TPSA) is 68.5 Å². The van der Waals surface area contributed by atoms with Crippen molar-refractivity contribution in [1.82, 2.24) is 0 Å². The second-order valence-electron chi connectivity index (χ2n) is 3.03. The highest BCUT2D eigenvalue weighted by Gasteiger charge is 2.19. The van der Waals surface area contributed by atoms with Gasteiger partial charge in [-0.15, -0.1) is 0 Å². The number of rotatable bonds is 4. The standard InChI is InChI=1S/C11H9F2NO4/c1-16-9-3-6(5-14)8(18-11(12)13)4-7(9)10(15)17-2/h3-4,11H,1-2H3. The van der Waals surface area contributed by atoms with E-state index in [0.717, 1.165) is 19.2 Å². The number of halogens is 2. The van der Waals surface area contributed by atoms with Gasteiger partial charge in [-0.1, -0.05) is 0 Å². The maximum absolute atomic E-state index is 12.2. The number of hydrogen-bond acceptors (Lipinski definition) is 5. The van der Waals surface area contributed by atoms with Crippen LogP contribution in [0, 0.1) is 11.3 Å². The second kappa shape index (κ2) is 5.82. The van der Waals surface area contributed by atoms with Gasteiger partial charge in [0.05, 0.1) is 19.8 Å². The summed E-state index contributed by atoms with van der Waals surface area (Å²) < 4.78 is 37.8. The second-order valence-corrected chi connectivity index (χ2v) is 3.03. The van der Waals surface area contributed by atoms with Crippen molar-refractivity contribution in [1.29, 1.82) is 5.26 Å². The predicted octanol–water partition coefficient (Wildman–Crippen LogP) is 1.95. The van der Waals surface area contributed by atoms with Crippen LogP contribution < -0.4 is 9.47 Å². The quantitative estimate of drug-likeness (QED) is 0.771. The lowest BCUT2D eigenvalue weighted by Crippen LogP contribution is -2.08. The number of carbonyl (C=O) groups is 1. The fourth-order valence-corrected chi connectivity index (χ4v) is 1.28. The van der Waals surface area contributed by atoms with E-state index in [1.807, 2.05) is 0 Å². The monoisotopic (exact) mass is 257 g/mol. The minimum atomic E-state index is -3.10. The minimum Gasteiger partial charge on any atom is -0.496 e. The van der Waals surface area contributed by atoms with Crippen LogP contribution in [0.5, 0.6) is 11.5 Å². The van der Waals surface area contributed by atoms with Crippen molar-refractivity contribution < 1.29 is 27.8 Å². The Labute approximate surface area is 101 Å². The predicted molar refractivity (Wildman–Crippen MR) is 55.7 cm³/mol. The molecule has 0 heterocycles. The van der Waals surface area contributed by atoms with Gasteiger partial charge in [0.1, 0.15) is 23.1 Å². The summed E-state index contributed by atoms with van der Waals surface area (Å²) >= 11 is 0. The Morgan fingerprint density at radius 3 is 2.44 bits per heavy atom. The molecule has 0 N–H and O–H groups in total. The molecular formula is C11H9F2NO4. The molecule has 0 saturated carbocycles. The first kappa shape index (κ1) is 13.7. The number of alkyl halides is 2. The first-order valence-corrected chi connectivity index (χ1v) is 4.68. The Balaban J connectivity index is 3.35. The van der Waals surface area contributed by atoms with Crippen LogP contribution in [0.1, 0.15) is 15.9 Å². The first-order chi connectivity index (χ1) is 8.53. The molecule has 0 aliphatic heterocycles. The van der Waals surface area contributed by atoms with E-state index in [2.05, 4.69) is 9.47 Å². The number of carbonyl (C=O) groups excluding carboxylic acids is 1. The molecule has 0 radical (unpaired) electrons. The molecule has 1 rings (SSSR count). The van der Waals surface area contributed by atoms with Crippen molar-refractivity contribution in [3.05, 3.63) is 23.3 Å². The summed E-state index contributed by atoms with van der Waals surface area (Å²) in [5.41, 5.74) is -0.269. The van der Waals surface area contributed by atoms with Gasteiger partial charge in [0.25, 0.3) is 0 Å². The summed E-state index contributed by atoms with van der Waals surface area (Å²) in [6.07, 6.45) is 0. The lowest BCUT2D eigenvalue weighted by molar-refractivity contribution is -0.0501. The molecular weight excluding hydrogens is 248 g/mol. The molecule has 96 valence electrons. The molecule has 7 heteroatoms. The number of ether oxygens (including phenoxy) is 3. The van der Waals surface area contributed by atoms with Gasteiger partial charge in [-0.25, -0.2) is 4.79 Å². The fraction of sp³-hybridized carbons (Fsp3) is 0.273. The molecule has 5 nitrogen and oxygen atoms in total. The summed E-state index contributed by atoms with van der Waals surface area (Å²) in [6, 6.07) is 3.78. The molecule has 0 unspecified atom stereocenters. The van der Waals surface area contributed by atoms with Crippen molar-refractivity contribution in [3.63, 3.8) is 0 Å². The molecule has 0 atom stereocenters. The molecule has 0 bridgehead atoms. The Kier molecular flexibility index (Phi) is 4.43. The highest BCUT2D eigenvalue weighted by Crippen LogP contribution is 2.30. The van der Waals surface area contributed by atoms with Crippen LogP contribution in [0.2, 0.25) is 0 Å². The van der Waals surface area contributed by atoms with Crippen molar-refractivity contribution >= 4 is 5.97 Å². The zero-order valence-corrected chi connectivity index (χ0v) is 9.57. The molecule has 1 aromatic rings. The van der Waals surface area contributed by atoms with Crippen LogP contribution in [-0.2, 0) is 4.74 Å². The number of benzene rings is 1. The van der Waals surface area contributed by atoms with Gasteiger partial charge in [-0.05, 0) is 0 Å². The first-order valence-electron chi connectivity index (χ1n) is 4.68. The summed E-state index contributed by atoms with van der Waals surface area (Å²) in [4.78, 5) is 11.4. The van der Waals surface area contributed by atoms with E-state index in [-0.39, 0.29) is 16.9 Å². The van der Waals surface area contributed by atoms with Crippen molar-refractivity contribution in [2.75, 3.05) is 14.2 Å². The van der Waals surface area contributed by atoms with Crippen molar-refractivity contribution in [2.24, 2.45) is 0 Å². The van der Waals surface area contributed by atoms with Gasteiger partial charge in [-0.2, -0.15) is 14.0 Å². The third kappa shape index (κ3) is 2.85. The van der Waals surface area contributed by atoms with Gasteiger partial charge >= 0.3 is 12.6 Å². The van der Waals surface area contributed by atoms with E-state index in [0.29, 0.717) is 0 Å². The molecule has 18 heavy (non-hydrogen) atoms. The lowest BCUT2D eigenvalue weighted by Gasteiger charge is -2.11. The lowest BCUT2D eigenvalue weighted by atomic mass is 10.1. The van der Waals surface area contributed by atoms with Crippen LogP contribution in [0.25, 0.3) is 0 Å². The number of nitrogens with zero attached hydrogens (tertiary/aromatic N) is 1. The summed E-state index contributed by atoms with van der Waals surface area (Å²) in [5.74, 6) is -1.15. The Morgan fingerprint density at radius 1 is 1.33 bits per heavy atom. The Bertz CT molecular complexity index is 497. The van der Waals surface area contributed by atoms with E-state index < -0.39 is 18.3 Å². The van der Waals surface area contributed by atoms with Crippen LogP contribution >= 0.6 is 0 Å². The molecule has 0 aliphatic carbocycles.